The van der Waals surface area contributed by atoms with Gasteiger partial charge in [0.05, 0.1) is 17.8 Å². The number of alkyl halides is 3. The number of aliphatic imine (C=N–C) groups is 1. The number of amidine groups is 1. The summed E-state index contributed by atoms with van der Waals surface area (Å²) in [5, 5.41) is 9.21. The molecule has 2 aliphatic heterocycles. The number of nitrogens with two attached hydrogens (primary N) is 1. The third-order valence-electron chi connectivity index (χ3n) is 6.06. The van der Waals surface area contributed by atoms with Gasteiger partial charge in [0, 0.05) is 32.3 Å². The number of hydrogen-bond acceptors (Lipinski definition) is 6. The predicted octanol–water partition coefficient (Wildman–Crippen LogP) is 3.06. The minimum Gasteiger partial charge on any atom is -0.465 e. The highest BCUT2D eigenvalue weighted by Crippen LogP contribution is 2.42. The molecule has 3 N–H and O–H groups in total. The van der Waals surface area contributed by atoms with E-state index in [9.17, 15) is 23.1 Å². The number of piperidine rings is 1. The first-order valence-electron chi connectivity index (χ1n) is 10.2. The second-order valence-corrected chi connectivity index (χ2v) is 8.11. The zero-order chi connectivity index (χ0) is 23.1. The number of likely N-dealkylation sites (N-methyl/N-ethyl adjacent to an activating group) is 1. The molecule has 1 unspecified atom stereocenters. The van der Waals surface area contributed by atoms with Gasteiger partial charge in [0.15, 0.2) is 0 Å². The zero-order valence-corrected chi connectivity index (χ0v) is 17.4. The van der Waals surface area contributed by atoms with E-state index in [1.807, 2.05) is 11.9 Å². The van der Waals surface area contributed by atoms with Crippen LogP contribution in [0.5, 0.6) is 0 Å². The largest absolute Gasteiger partial charge is 0.465 e. The van der Waals surface area contributed by atoms with Crippen molar-refractivity contribution in [3.8, 4) is 0 Å². The number of rotatable bonds is 3. The Hall–Kier alpha value is -3.37. The summed E-state index contributed by atoms with van der Waals surface area (Å²) < 4.78 is 40.3. The Balaban J connectivity index is 1.79. The van der Waals surface area contributed by atoms with Crippen LogP contribution in [0.15, 0.2) is 41.5 Å². The molecule has 0 aliphatic carbocycles. The number of likely N-dealkylation sites (tertiary alicyclic amines) is 1. The number of carbonyl (C=O) groups is 1. The molecule has 11 heteroatoms. The fraction of sp³-hybridized carbons (Fsp3) is 0.429. The van der Waals surface area contributed by atoms with Crippen molar-refractivity contribution in [1.29, 1.82) is 0 Å². The minimum absolute atomic E-state index is 0.00919. The summed E-state index contributed by atoms with van der Waals surface area (Å²) in [6.07, 6.45) is -2.82. The van der Waals surface area contributed by atoms with Gasteiger partial charge in [-0.15, -0.1) is 0 Å². The van der Waals surface area contributed by atoms with Crippen molar-refractivity contribution in [2.45, 2.75) is 24.6 Å². The van der Waals surface area contributed by atoms with Crippen LogP contribution in [-0.4, -0.2) is 63.5 Å². The number of hydrogen-bond donors (Lipinski definition) is 2. The van der Waals surface area contributed by atoms with E-state index in [2.05, 4.69) is 9.97 Å². The average Bonchev–Trinajstić information content (AvgIpc) is 3.12. The van der Waals surface area contributed by atoms with Gasteiger partial charge in [-0.05, 0) is 36.6 Å². The van der Waals surface area contributed by atoms with Crippen molar-refractivity contribution in [3.05, 3.63) is 53.3 Å². The van der Waals surface area contributed by atoms with Crippen LogP contribution in [0.2, 0.25) is 0 Å². The Morgan fingerprint density at radius 2 is 1.97 bits per heavy atom. The molecular formula is C21H23F3N6O2. The van der Waals surface area contributed by atoms with Gasteiger partial charge in [-0.25, -0.2) is 14.8 Å². The van der Waals surface area contributed by atoms with E-state index in [4.69, 9.17) is 10.7 Å². The van der Waals surface area contributed by atoms with Crippen molar-refractivity contribution in [1.82, 2.24) is 19.8 Å². The lowest BCUT2D eigenvalue weighted by molar-refractivity contribution is -0.137. The fourth-order valence-electron chi connectivity index (χ4n) is 4.47. The molecule has 0 saturated carbocycles. The number of amides is 1. The molecular weight excluding hydrogens is 425 g/mol. The third-order valence-corrected chi connectivity index (χ3v) is 6.06. The van der Waals surface area contributed by atoms with Crippen molar-refractivity contribution in [3.63, 3.8) is 0 Å². The maximum absolute atomic E-state index is 13.4. The van der Waals surface area contributed by atoms with Crippen molar-refractivity contribution < 1.29 is 23.1 Å². The maximum atomic E-state index is 13.4. The molecule has 2 aliphatic rings. The average molecular weight is 448 g/mol. The lowest BCUT2D eigenvalue weighted by atomic mass is 9.86. The van der Waals surface area contributed by atoms with Gasteiger partial charge in [0.25, 0.3) is 0 Å². The van der Waals surface area contributed by atoms with Crippen LogP contribution in [0.4, 0.5) is 23.9 Å². The smallest absolute Gasteiger partial charge is 0.416 e. The first-order valence-corrected chi connectivity index (χ1v) is 10.2. The summed E-state index contributed by atoms with van der Waals surface area (Å²) in [6, 6.07) is 6.72. The molecule has 0 spiro atoms. The Labute approximate surface area is 182 Å². The standard InChI is InChI=1S/C21H23F3N6O2/c1-29-12-20(16-5-8-26-18(25)27-16,14-3-2-4-15(11-14)21(22,23)24)28-17(29)13-6-9-30(10-7-13)19(31)32/h2-5,8,11,13H,6-7,9-10,12H2,1H3,(H,31,32)(H2,25,26,27). The van der Waals surface area contributed by atoms with Crippen molar-refractivity contribution in [2.75, 3.05) is 32.4 Å². The molecule has 0 radical (unpaired) electrons. The fourth-order valence-corrected chi connectivity index (χ4v) is 4.47. The highest BCUT2D eigenvalue weighted by Gasteiger charge is 2.46. The number of anilines is 1. The third kappa shape index (κ3) is 3.94. The first kappa shape index (κ1) is 21.8. The molecule has 2 aromatic rings. The SMILES string of the molecule is CN1CC(c2cccc(C(F)(F)F)c2)(c2ccnc(N)n2)N=C1C1CCN(C(=O)O)CC1. The van der Waals surface area contributed by atoms with Crippen LogP contribution in [0, 0.1) is 5.92 Å². The second-order valence-electron chi connectivity index (χ2n) is 8.11. The molecule has 1 aromatic heterocycles. The Bertz CT molecular complexity index is 1050. The summed E-state index contributed by atoms with van der Waals surface area (Å²) in [5.74, 6) is 0.724. The molecule has 1 fully saturated rings. The molecule has 3 heterocycles. The number of carboxylic acid groups (broad SMARTS) is 1. The normalized spacial score (nSPS) is 22.2. The highest BCUT2D eigenvalue weighted by molar-refractivity contribution is 5.88. The lowest BCUT2D eigenvalue weighted by Crippen LogP contribution is -2.42. The van der Waals surface area contributed by atoms with Gasteiger partial charge in [0.1, 0.15) is 11.4 Å². The number of nitrogens with zero attached hydrogens (tertiary/aromatic N) is 5. The molecule has 8 nitrogen and oxygen atoms in total. The quantitative estimate of drug-likeness (QED) is 0.747. The van der Waals surface area contributed by atoms with Crippen LogP contribution in [-0.2, 0) is 11.7 Å². The summed E-state index contributed by atoms with van der Waals surface area (Å²) in [4.78, 5) is 27.7. The van der Waals surface area contributed by atoms with Gasteiger partial charge in [-0.1, -0.05) is 12.1 Å². The molecule has 4 rings (SSSR count). The summed E-state index contributed by atoms with van der Waals surface area (Å²) >= 11 is 0. The predicted molar refractivity (Wildman–Crippen MR) is 111 cm³/mol. The number of halogens is 3. The van der Waals surface area contributed by atoms with E-state index in [0.29, 0.717) is 37.2 Å². The minimum atomic E-state index is -4.50. The van der Waals surface area contributed by atoms with E-state index in [1.165, 1.54) is 17.2 Å². The molecule has 32 heavy (non-hydrogen) atoms. The van der Waals surface area contributed by atoms with E-state index in [-0.39, 0.29) is 18.4 Å². The van der Waals surface area contributed by atoms with E-state index in [0.717, 1.165) is 18.0 Å². The Kier molecular flexibility index (Phi) is 5.43. The van der Waals surface area contributed by atoms with Crippen LogP contribution in [0.1, 0.15) is 29.7 Å². The highest BCUT2D eigenvalue weighted by atomic mass is 19.4. The van der Waals surface area contributed by atoms with Gasteiger partial charge in [-0.2, -0.15) is 13.2 Å². The monoisotopic (exact) mass is 448 g/mol. The van der Waals surface area contributed by atoms with Gasteiger partial charge >= 0.3 is 12.3 Å². The van der Waals surface area contributed by atoms with Crippen molar-refractivity contribution in [2.24, 2.45) is 10.9 Å². The topological polar surface area (TPSA) is 108 Å². The number of nitrogen functional groups attached to an aromatic ring is 1. The summed E-state index contributed by atoms with van der Waals surface area (Å²) in [5.41, 5.74) is 4.61. The Morgan fingerprint density at radius 1 is 1.25 bits per heavy atom. The molecule has 170 valence electrons. The number of benzene rings is 1. The molecule has 1 aromatic carbocycles. The van der Waals surface area contributed by atoms with Crippen LogP contribution < -0.4 is 5.73 Å². The Morgan fingerprint density at radius 3 is 2.59 bits per heavy atom. The zero-order valence-electron chi connectivity index (χ0n) is 17.4. The van der Waals surface area contributed by atoms with E-state index in [1.54, 1.807) is 12.1 Å². The first-order chi connectivity index (χ1) is 15.1. The van der Waals surface area contributed by atoms with Crippen molar-refractivity contribution >= 4 is 17.9 Å². The molecule has 0 bridgehead atoms. The van der Waals surface area contributed by atoms with Gasteiger partial charge < -0.3 is 20.6 Å². The van der Waals surface area contributed by atoms with E-state index >= 15 is 0 Å². The summed E-state index contributed by atoms with van der Waals surface area (Å²) in [6.45, 7) is 1.03. The number of aromatic nitrogens is 2. The second kappa shape index (κ2) is 7.95. The van der Waals surface area contributed by atoms with Crippen LogP contribution in [0.25, 0.3) is 0 Å². The van der Waals surface area contributed by atoms with Gasteiger partial charge in [-0.3, -0.25) is 4.99 Å². The molecule has 1 atom stereocenters. The maximum Gasteiger partial charge on any atom is 0.416 e. The lowest BCUT2D eigenvalue weighted by Gasteiger charge is -2.32. The molecule has 1 saturated heterocycles. The van der Waals surface area contributed by atoms with Crippen LogP contribution >= 0.6 is 0 Å². The van der Waals surface area contributed by atoms with Crippen LogP contribution in [0.3, 0.4) is 0 Å². The summed E-state index contributed by atoms with van der Waals surface area (Å²) in [7, 11) is 1.84. The molecule has 1 amide bonds. The van der Waals surface area contributed by atoms with E-state index < -0.39 is 23.4 Å². The van der Waals surface area contributed by atoms with Gasteiger partial charge in [0.2, 0.25) is 5.95 Å².